The number of nitrogens with zero attached hydrogens (tertiary/aromatic N) is 3. The Labute approximate surface area is 145 Å². The van der Waals surface area contributed by atoms with E-state index in [0.717, 1.165) is 12.1 Å². The molecule has 1 aromatic carbocycles. The normalized spacial score (nSPS) is 16.3. The van der Waals surface area contributed by atoms with Crippen LogP contribution in [0.1, 0.15) is 29.2 Å². The predicted octanol–water partition coefficient (Wildman–Crippen LogP) is 2.02. The van der Waals surface area contributed by atoms with Crippen molar-refractivity contribution < 1.29 is 13.6 Å². The molecule has 0 spiro atoms. The number of nitrogens with one attached hydrogen (secondary N) is 2. The summed E-state index contributed by atoms with van der Waals surface area (Å²) in [5, 5.41) is 13.2. The van der Waals surface area contributed by atoms with E-state index < -0.39 is 23.5 Å². The van der Waals surface area contributed by atoms with E-state index in [1.165, 1.54) is 22.9 Å². The van der Waals surface area contributed by atoms with Gasteiger partial charge in [0.25, 0.3) is 5.56 Å². The molecule has 1 aliphatic rings. The molecule has 0 saturated heterocycles. The number of aromatic nitrogens is 4. The Balaban J connectivity index is 1.93. The number of rotatable bonds is 2. The second kappa shape index (κ2) is 5.87. The molecule has 26 heavy (non-hydrogen) atoms. The van der Waals surface area contributed by atoms with Gasteiger partial charge < -0.3 is 5.32 Å². The summed E-state index contributed by atoms with van der Waals surface area (Å²) in [7, 11) is 0. The minimum absolute atomic E-state index is 0.101. The maximum absolute atomic E-state index is 14.3. The van der Waals surface area contributed by atoms with Gasteiger partial charge in [-0.15, -0.1) is 0 Å². The number of carbonyl (C=O) groups excluding carboxylic acids is 1. The van der Waals surface area contributed by atoms with Crippen LogP contribution in [0.2, 0.25) is 0 Å². The Morgan fingerprint density at radius 1 is 1.12 bits per heavy atom. The summed E-state index contributed by atoms with van der Waals surface area (Å²) < 4.78 is 30.0. The first kappa shape index (κ1) is 16.1. The van der Waals surface area contributed by atoms with Crippen LogP contribution in [-0.4, -0.2) is 25.9 Å². The molecule has 0 saturated carbocycles. The van der Waals surface area contributed by atoms with E-state index in [4.69, 9.17) is 0 Å². The van der Waals surface area contributed by atoms with Crippen molar-refractivity contribution in [3.63, 3.8) is 0 Å². The Hall–Kier alpha value is -3.36. The van der Waals surface area contributed by atoms with Crippen LogP contribution in [0, 0.1) is 18.6 Å². The molecule has 0 aliphatic carbocycles. The van der Waals surface area contributed by atoms with Crippen LogP contribution in [-0.2, 0) is 4.79 Å². The number of aryl methyl sites for hydroxylation is 1. The van der Waals surface area contributed by atoms with Gasteiger partial charge in [-0.2, -0.15) is 14.9 Å². The van der Waals surface area contributed by atoms with Crippen molar-refractivity contribution in [3.05, 3.63) is 69.1 Å². The average molecular weight is 357 g/mol. The fourth-order valence-electron chi connectivity index (χ4n) is 3.26. The monoisotopic (exact) mass is 357 g/mol. The van der Waals surface area contributed by atoms with Gasteiger partial charge in [0.15, 0.2) is 5.82 Å². The topological polar surface area (TPSA) is 92.7 Å². The van der Waals surface area contributed by atoms with Gasteiger partial charge in [0, 0.05) is 29.5 Å². The quantitative estimate of drug-likeness (QED) is 0.734. The number of hydrogen-bond donors (Lipinski definition) is 2. The smallest absolute Gasteiger partial charge is 0.264 e. The average Bonchev–Trinajstić information content (AvgIpc) is 2.92. The first-order valence-electron chi connectivity index (χ1n) is 7.85. The summed E-state index contributed by atoms with van der Waals surface area (Å²) >= 11 is 0. The van der Waals surface area contributed by atoms with Crippen molar-refractivity contribution in [3.8, 4) is 5.82 Å². The predicted molar refractivity (Wildman–Crippen MR) is 88.2 cm³/mol. The molecule has 2 aromatic heterocycles. The summed E-state index contributed by atoms with van der Waals surface area (Å²) in [5.41, 5.74) is 0.463. The Morgan fingerprint density at radius 3 is 2.50 bits per heavy atom. The van der Waals surface area contributed by atoms with E-state index in [0.29, 0.717) is 11.3 Å². The summed E-state index contributed by atoms with van der Waals surface area (Å²) in [6.45, 7) is 1.68. The summed E-state index contributed by atoms with van der Waals surface area (Å²) in [4.78, 5) is 23.4. The molecular weight excluding hydrogens is 344 g/mol. The van der Waals surface area contributed by atoms with Crippen LogP contribution < -0.4 is 10.9 Å². The van der Waals surface area contributed by atoms with Gasteiger partial charge in [-0.1, -0.05) is 6.07 Å². The number of aromatic amines is 1. The summed E-state index contributed by atoms with van der Waals surface area (Å²) in [5.74, 6) is -2.09. The third kappa shape index (κ3) is 2.48. The zero-order chi connectivity index (χ0) is 18.4. The zero-order valence-corrected chi connectivity index (χ0v) is 13.6. The van der Waals surface area contributed by atoms with Crippen molar-refractivity contribution in [2.75, 3.05) is 5.32 Å². The van der Waals surface area contributed by atoms with Gasteiger partial charge in [-0.05, 0) is 25.1 Å². The molecule has 7 nitrogen and oxygen atoms in total. The second-order valence-electron chi connectivity index (χ2n) is 5.98. The lowest BCUT2D eigenvalue weighted by atomic mass is 9.85. The molecule has 4 rings (SSSR count). The molecule has 2 N–H and O–H groups in total. The lowest BCUT2D eigenvalue weighted by Gasteiger charge is -2.24. The van der Waals surface area contributed by atoms with E-state index in [1.807, 2.05) is 0 Å². The molecule has 3 heterocycles. The van der Waals surface area contributed by atoms with Crippen molar-refractivity contribution in [2.24, 2.45) is 0 Å². The van der Waals surface area contributed by atoms with Crippen LogP contribution in [0.25, 0.3) is 5.82 Å². The lowest BCUT2D eigenvalue weighted by molar-refractivity contribution is -0.116. The molecule has 132 valence electrons. The van der Waals surface area contributed by atoms with Gasteiger partial charge in [0.1, 0.15) is 17.5 Å². The Bertz CT molecular complexity index is 1050. The van der Waals surface area contributed by atoms with Gasteiger partial charge in [-0.25, -0.2) is 13.9 Å². The number of H-pyrrole nitrogens is 1. The van der Waals surface area contributed by atoms with Gasteiger partial charge in [-0.3, -0.25) is 9.59 Å². The number of anilines is 1. The molecule has 0 radical (unpaired) electrons. The highest BCUT2D eigenvalue weighted by molar-refractivity contribution is 5.95. The number of benzene rings is 1. The summed E-state index contributed by atoms with van der Waals surface area (Å²) in [6, 6.07) is 6.30. The first-order valence-corrected chi connectivity index (χ1v) is 7.85. The van der Waals surface area contributed by atoms with E-state index in [-0.39, 0.29) is 29.2 Å². The van der Waals surface area contributed by atoms with Crippen LogP contribution in [0.15, 0.2) is 35.1 Å². The third-order valence-electron chi connectivity index (χ3n) is 4.33. The van der Waals surface area contributed by atoms with Crippen molar-refractivity contribution in [1.29, 1.82) is 0 Å². The van der Waals surface area contributed by atoms with E-state index in [1.54, 1.807) is 6.92 Å². The molecule has 0 unspecified atom stereocenters. The van der Waals surface area contributed by atoms with Crippen molar-refractivity contribution in [2.45, 2.75) is 19.3 Å². The standard InChI is InChI=1S/C17H13F2N5O2/c1-8-15-9(16-10(18)3-2-4-11(16)19)7-14(26)20-17(15)24(23-8)12-5-6-13(25)22-21-12/h2-6,9H,7H2,1H3,(H,20,26)(H,22,25)/t9-/m0/s1. The fraction of sp³-hybridized carbons (Fsp3) is 0.176. The SMILES string of the molecule is Cc1nn(-c2ccc(=O)[nH]n2)c2c1[C@@H](c1c(F)cccc1F)CC(=O)N2. The Kier molecular flexibility index (Phi) is 3.64. The fourth-order valence-corrected chi connectivity index (χ4v) is 3.26. The largest absolute Gasteiger partial charge is 0.310 e. The number of amides is 1. The highest BCUT2D eigenvalue weighted by atomic mass is 19.1. The van der Waals surface area contributed by atoms with E-state index >= 15 is 0 Å². The zero-order valence-electron chi connectivity index (χ0n) is 13.6. The first-order chi connectivity index (χ1) is 12.5. The molecule has 0 bridgehead atoms. The van der Waals surface area contributed by atoms with Crippen molar-refractivity contribution >= 4 is 11.7 Å². The second-order valence-corrected chi connectivity index (χ2v) is 5.98. The Morgan fingerprint density at radius 2 is 1.85 bits per heavy atom. The highest BCUT2D eigenvalue weighted by Crippen LogP contribution is 2.41. The molecule has 1 atom stereocenters. The lowest BCUT2D eigenvalue weighted by Crippen LogP contribution is -2.26. The molecule has 9 heteroatoms. The van der Waals surface area contributed by atoms with Gasteiger partial charge in [0.05, 0.1) is 5.69 Å². The molecule has 0 fully saturated rings. The molecule has 3 aromatic rings. The minimum Gasteiger partial charge on any atom is -0.310 e. The molecule has 1 amide bonds. The highest BCUT2D eigenvalue weighted by Gasteiger charge is 2.35. The van der Waals surface area contributed by atoms with E-state index in [2.05, 4.69) is 20.6 Å². The molecule has 1 aliphatic heterocycles. The van der Waals surface area contributed by atoms with Gasteiger partial charge in [0.2, 0.25) is 5.91 Å². The van der Waals surface area contributed by atoms with Crippen LogP contribution >= 0.6 is 0 Å². The van der Waals surface area contributed by atoms with Crippen molar-refractivity contribution in [1.82, 2.24) is 20.0 Å². The maximum atomic E-state index is 14.3. The maximum Gasteiger partial charge on any atom is 0.264 e. The van der Waals surface area contributed by atoms with Crippen LogP contribution in [0.5, 0.6) is 0 Å². The minimum atomic E-state index is -0.809. The number of halogens is 2. The number of fused-ring (bicyclic) bond motifs is 1. The third-order valence-corrected chi connectivity index (χ3v) is 4.33. The van der Waals surface area contributed by atoms with Gasteiger partial charge >= 0.3 is 0 Å². The van der Waals surface area contributed by atoms with Crippen LogP contribution in [0.3, 0.4) is 0 Å². The van der Waals surface area contributed by atoms with Crippen LogP contribution in [0.4, 0.5) is 14.6 Å². The summed E-state index contributed by atoms with van der Waals surface area (Å²) in [6.07, 6.45) is -0.101. The number of hydrogen-bond acceptors (Lipinski definition) is 4. The number of carbonyl (C=O) groups is 1. The molecular formula is C17H13F2N5O2. The van der Waals surface area contributed by atoms with E-state index in [9.17, 15) is 18.4 Å².